The summed E-state index contributed by atoms with van der Waals surface area (Å²) in [5, 5.41) is 10.6. The van der Waals surface area contributed by atoms with Crippen LogP contribution in [0.1, 0.15) is 30.9 Å². The van der Waals surface area contributed by atoms with Gasteiger partial charge in [-0.1, -0.05) is 0 Å². The molecule has 7 heteroatoms. The minimum Gasteiger partial charge on any atom is -0.363 e. The zero-order valence-corrected chi connectivity index (χ0v) is 19.3. The molecule has 27 heavy (non-hydrogen) atoms. The van der Waals surface area contributed by atoms with Crippen molar-refractivity contribution in [3.8, 4) is 0 Å². The van der Waals surface area contributed by atoms with Crippen LogP contribution in [0.15, 0.2) is 41.0 Å². The number of aryl methyl sites for hydroxylation is 1. The number of guanidine groups is 1. The van der Waals surface area contributed by atoms with Crippen molar-refractivity contribution < 1.29 is 0 Å². The third-order valence-corrected chi connectivity index (χ3v) is 5.71. The van der Waals surface area contributed by atoms with E-state index in [4.69, 9.17) is 4.99 Å². The number of nitrogens with zero attached hydrogens (tertiary/aromatic N) is 3. The predicted molar refractivity (Wildman–Crippen MR) is 127 cm³/mol. The number of anilines is 1. The molecule has 0 saturated carbocycles. The van der Waals surface area contributed by atoms with E-state index in [0.717, 1.165) is 51.4 Å². The highest BCUT2D eigenvalue weighted by Gasteiger charge is 2.20. The van der Waals surface area contributed by atoms with Gasteiger partial charge < -0.3 is 15.5 Å². The van der Waals surface area contributed by atoms with Crippen LogP contribution >= 0.6 is 35.3 Å². The number of piperidine rings is 1. The molecule has 0 atom stereocenters. The van der Waals surface area contributed by atoms with Crippen molar-refractivity contribution in [3.05, 3.63) is 47.1 Å². The maximum absolute atomic E-state index is 4.78. The normalized spacial score (nSPS) is 15.3. The van der Waals surface area contributed by atoms with Crippen LogP contribution in [0.25, 0.3) is 0 Å². The van der Waals surface area contributed by atoms with Gasteiger partial charge in [0.15, 0.2) is 5.96 Å². The van der Waals surface area contributed by atoms with Gasteiger partial charge in [0.05, 0.1) is 5.00 Å². The topological polar surface area (TPSA) is 52.6 Å². The number of halogens is 1. The molecule has 0 aliphatic carbocycles. The van der Waals surface area contributed by atoms with E-state index in [0.29, 0.717) is 6.04 Å². The molecule has 2 N–H and O–H groups in total. The van der Waals surface area contributed by atoms with E-state index in [1.54, 1.807) is 0 Å². The first kappa shape index (κ1) is 21.9. The van der Waals surface area contributed by atoms with Gasteiger partial charge in [0.2, 0.25) is 0 Å². The Balaban J connectivity index is 0.00000261. The molecule has 2 aromatic heterocycles. The Morgan fingerprint density at radius 1 is 1.33 bits per heavy atom. The largest absolute Gasteiger partial charge is 0.363 e. The van der Waals surface area contributed by atoms with Crippen molar-refractivity contribution in [2.24, 2.45) is 4.99 Å². The molecular formula is C20H30IN5S. The molecule has 1 fully saturated rings. The summed E-state index contributed by atoms with van der Waals surface area (Å²) in [6.07, 6.45) is 7.01. The lowest BCUT2D eigenvalue weighted by atomic mass is 10.1. The zero-order chi connectivity index (χ0) is 18.2. The molecule has 148 valence electrons. The predicted octanol–water partition coefficient (Wildman–Crippen LogP) is 3.84. The Bertz CT molecular complexity index is 696. The summed E-state index contributed by atoms with van der Waals surface area (Å²) >= 11 is 1.83. The molecule has 1 saturated heterocycles. The molecule has 1 aliphatic rings. The molecule has 2 aromatic rings. The van der Waals surface area contributed by atoms with Gasteiger partial charge in [-0.05, 0) is 67.8 Å². The number of aliphatic imine (C=N–C) groups is 1. The maximum atomic E-state index is 4.78. The molecule has 3 heterocycles. The van der Waals surface area contributed by atoms with Crippen LogP contribution < -0.4 is 15.5 Å². The summed E-state index contributed by atoms with van der Waals surface area (Å²) in [6.45, 7) is 8.10. The van der Waals surface area contributed by atoms with Crippen molar-refractivity contribution in [2.45, 2.75) is 39.2 Å². The highest BCUT2D eigenvalue weighted by Crippen LogP contribution is 2.24. The number of pyridine rings is 1. The molecule has 0 bridgehead atoms. The van der Waals surface area contributed by atoms with Crippen molar-refractivity contribution in [1.29, 1.82) is 0 Å². The Kier molecular flexibility index (Phi) is 9.33. The third-order valence-electron chi connectivity index (χ3n) is 4.79. The van der Waals surface area contributed by atoms with Gasteiger partial charge >= 0.3 is 0 Å². The van der Waals surface area contributed by atoms with Crippen LogP contribution in [0.4, 0.5) is 5.00 Å². The van der Waals surface area contributed by atoms with Crippen LogP contribution in [0.5, 0.6) is 0 Å². The van der Waals surface area contributed by atoms with Gasteiger partial charge in [-0.3, -0.25) is 9.98 Å². The van der Waals surface area contributed by atoms with E-state index in [9.17, 15) is 0 Å². The Morgan fingerprint density at radius 2 is 2.15 bits per heavy atom. The molecular weight excluding hydrogens is 469 g/mol. The SMILES string of the molecule is CCNC(=NCCc1ccncc1C)NC1CCN(c2cccs2)CC1.I. The van der Waals surface area contributed by atoms with E-state index in [1.807, 2.05) is 23.7 Å². The number of hydrogen-bond donors (Lipinski definition) is 2. The van der Waals surface area contributed by atoms with Crippen molar-refractivity contribution in [1.82, 2.24) is 15.6 Å². The summed E-state index contributed by atoms with van der Waals surface area (Å²) in [6, 6.07) is 6.92. The highest BCUT2D eigenvalue weighted by molar-refractivity contribution is 14.0. The minimum atomic E-state index is 0. The lowest BCUT2D eigenvalue weighted by Gasteiger charge is -2.33. The maximum Gasteiger partial charge on any atom is 0.191 e. The van der Waals surface area contributed by atoms with Crippen LogP contribution in [0, 0.1) is 6.92 Å². The van der Waals surface area contributed by atoms with Crippen LogP contribution in [0.3, 0.4) is 0 Å². The van der Waals surface area contributed by atoms with E-state index < -0.39 is 0 Å². The second kappa shape index (κ2) is 11.5. The Hall–Kier alpha value is -1.35. The molecule has 1 aliphatic heterocycles. The summed E-state index contributed by atoms with van der Waals surface area (Å²) in [5.41, 5.74) is 2.56. The monoisotopic (exact) mass is 499 g/mol. The highest BCUT2D eigenvalue weighted by atomic mass is 127. The van der Waals surface area contributed by atoms with Crippen molar-refractivity contribution in [2.75, 3.05) is 31.1 Å². The lowest BCUT2D eigenvalue weighted by Crippen LogP contribution is -2.48. The summed E-state index contributed by atoms with van der Waals surface area (Å²) in [4.78, 5) is 11.4. The molecule has 3 rings (SSSR count). The molecule has 0 radical (unpaired) electrons. The second-order valence-electron chi connectivity index (χ2n) is 6.67. The Labute approximate surface area is 183 Å². The van der Waals surface area contributed by atoms with Gasteiger partial charge in [-0.15, -0.1) is 35.3 Å². The van der Waals surface area contributed by atoms with Gasteiger partial charge in [0.1, 0.15) is 0 Å². The molecule has 0 aromatic carbocycles. The summed E-state index contributed by atoms with van der Waals surface area (Å²) in [5.74, 6) is 0.939. The number of thiophene rings is 1. The van der Waals surface area contributed by atoms with Crippen molar-refractivity contribution >= 4 is 46.3 Å². The van der Waals surface area contributed by atoms with E-state index >= 15 is 0 Å². The standard InChI is InChI=1S/C20H29N5S.HI/c1-3-22-20(23-11-7-17-6-10-21-15-16(17)2)24-18-8-12-25(13-9-18)19-5-4-14-26-19;/h4-6,10,14-15,18H,3,7-9,11-13H2,1-2H3,(H2,22,23,24);1H. The van der Waals surface area contributed by atoms with Crippen molar-refractivity contribution in [3.63, 3.8) is 0 Å². The molecule has 5 nitrogen and oxygen atoms in total. The quantitative estimate of drug-likeness (QED) is 0.361. The first-order valence-electron chi connectivity index (χ1n) is 9.49. The minimum absolute atomic E-state index is 0. The van der Waals surface area contributed by atoms with Crippen LogP contribution in [-0.4, -0.2) is 43.2 Å². The number of aromatic nitrogens is 1. The van der Waals surface area contributed by atoms with E-state index in [2.05, 4.69) is 57.9 Å². The van der Waals surface area contributed by atoms with Gasteiger partial charge in [-0.2, -0.15) is 0 Å². The fraction of sp³-hybridized carbons (Fsp3) is 0.500. The van der Waals surface area contributed by atoms with Gasteiger partial charge in [-0.25, -0.2) is 0 Å². The van der Waals surface area contributed by atoms with Gasteiger partial charge in [0, 0.05) is 44.6 Å². The van der Waals surface area contributed by atoms with E-state index in [-0.39, 0.29) is 24.0 Å². The van der Waals surface area contributed by atoms with Crippen LogP contribution in [0.2, 0.25) is 0 Å². The number of rotatable bonds is 6. The average molecular weight is 499 g/mol. The average Bonchev–Trinajstić information content (AvgIpc) is 3.19. The smallest absolute Gasteiger partial charge is 0.191 e. The first-order valence-corrected chi connectivity index (χ1v) is 10.4. The first-order chi connectivity index (χ1) is 12.8. The molecule has 0 unspecified atom stereocenters. The van der Waals surface area contributed by atoms with E-state index in [1.165, 1.54) is 16.1 Å². The van der Waals surface area contributed by atoms with Crippen LogP contribution in [-0.2, 0) is 6.42 Å². The number of nitrogens with one attached hydrogen (secondary N) is 2. The Morgan fingerprint density at radius 3 is 2.81 bits per heavy atom. The lowest BCUT2D eigenvalue weighted by molar-refractivity contribution is 0.463. The molecule has 0 amide bonds. The summed E-state index contributed by atoms with van der Waals surface area (Å²) in [7, 11) is 0. The summed E-state index contributed by atoms with van der Waals surface area (Å²) < 4.78 is 0. The third kappa shape index (κ3) is 6.64. The molecule has 0 spiro atoms. The fourth-order valence-corrected chi connectivity index (χ4v) is 4.06. The zero-order valence-electron chi connectivity index (χ0n) is 16.1. The second-order valence-corrected chi connectivity index (χ2v) is 7.60. The van der Waals surface area contributed by atoms with Gasteiger partial charge in [0.25, 0.3) is 0 Å². The fourth-order valence-electron chi connectivity index (χ4n) is 3.28. The number of hydrogen-bond acceptors (Lipinski definition) is 4.